The van der Waals surface area contributed by atoms with Gasteiger partial charge in [-0.1, -0.05) is 68.5 Å². The predicted molar refractivity (Wildman–Crippen MR) is 262 cm³/mol. The highest BCUT2D eigenvalue weighted by Gasteiger charge is 2.49. The monoisotopic (exact) mass is 1010 g/mol. The number of rotatable bonds is 23. The molecule has 3 aliphatic heterocycles. The third-order valence-electron chi connectivity index (χ3n) is 12.5. The minimum atomic E-state index is -4.83. The standard InChI is InChI=1S/C49H59N3O14S3/c1-48(2)38-19-12-13-20-39(38)50(28-14-17-31-67(56,57)58)42(48)21-9-6-5-7-10-22-43-49(3,4)46-37-33-36(26-24-35(37)25-27-40(46)51(43)29-15-18-32-68(59,60)61)65-30-16-8-11-23-45(54)66-52-44(53)34-41(47(52)55)69(62,63)64/h5-7,9-10,12-13,19-22,24-27,33,41H,8,11,14-18,23,28-32,34H2,1-4H3,(H2-,56,57,58,59,60,61,62,63,64)/p+1. The topological polar surface area (TPSA) is 242 Å². The van der Waals surface area contributed by atoms with Gasteiger partial charge in [-0.2, -0.15) is 29.8 Å². The van der Waals surface area contributed by atoms with E-state index in [0.29, 0.717) is 64.0 Å². The molecule has 3 N–H and O–H groups in total. The van der Waals surface area contributed by atoms with Crippen molar-refractivity contribution in [3.63, 3.8) is 0 Å². The van der Waals surface area contributed by atoms with Crippen LogP contribution >= 0.6 is 0 Å². The Kier molecular flexibility index (Phi) is 16.6. The second kappa shape index (κ2) is 21.6. The number of para-hydroxylation sites is 1. The van der Waals surface area contributed by atoms with Crippen molar-refractivity contribution in [1.29, 1.82) is 0 Å². The quantitative estimate of drug-likeness (QED) is 0.0277. The Bertz CT molecular complexity index is 2970. The molecule has 20 heteroatoms. The molecule has 3 aromatic rings. The fourth-order valence-electron chi connectivity index (χ4n) is 9.17. The van der Waals surface area contributed by atoms with Gasteiger partial charge in [-0.3, -0.25) is 23.2 Å². The Morgan fingerprint density at radius 3 is 2.14 bits per heavy atom. The lowest BCUT2D eigenvalue weighted by Gasteiger charge is -2.27. The highest BCUT2D eigenvalue weighted by molar-refractivity contribution is 7.87. The van der Waals surface area contributed by atoms with Crippen molar-refractivity contribution in [3.05, 3.63) is 114 Å². The van der Waals surface area contributed by atoms with Crippen molar-refractivity contribution in [2.45, 2.75) is 102 Å². The zero-order valence-electron chi connectivity index (χ0n) is 39.1. The van der Waals surface area contributed by atoms with E-state index >= 15 is 0 Å². The van der Waals surface area contributed by atoms with Gasteiger partial charge in [-0.05, 0) is 99.0 Å². The average Bonchev–Trinajstić information content (AvgIpc) is 3.76. The molecule has 0 spiro atoms. The molecular weight excluding hydrogens is 951 g/mol. The van der Waals surface area contributed by atoms with E-state index in [1.54, 1.807) is 0 Å². The lowest BCUT2D eigenvalue weighted by atomic mass is 9.79. The molecule has 372 valence electrons. The highest BCUT2D eigenvalue weighted by Crippen LogP contribution is 2.48. The van der Waals surface area contributed by atoms with E-state index < -0.39 is 65.2 Å². The summed E-state index contributed by atoms with van der Waals surface area (Å²) >= 11 is 0. The molecule has 3 aliphatic rings. The van der Waals surface area contributed by atoms with Crippen molar-refractivity contribution in [2.24, 2.45) is 0 Å². The summed E-state index contributed by atoms with van der Waals surface area (Å²) in [5.74, 6) is -3.24. The molecule has 0 aromatic heterocycles. The molecule has 1 fully saturated rings. The summed E-state index contributed by atoms with van der Waals surface area (Å²) in [4.78, 5) is 43.5. The second-order valence-electron chi connectivity index (χ2n) is 18.3. The van der Waals surface area contributed by atoms with Crippen LogP contribution in [0.1, 0.15) is 96.6 Å². The number of carbonyl (C=O) groups is 3. The first kappa shape index (κ1) is 52.9. The molecule has 6 rings (SSSR count). The average molecular weight is 1010 g/mol. The van der Waals surface area contributed by atoms with Gasteiger partial charge in [0.15, 0.2) is 11.0 Å². The summed E-state index contributed by atoms with van der Waals surface area (Å²) in [6.45, 7) is 10.00. The van der Waals surface area contributed by atoms with Crippen LogP contribution in [-0.4, -0.2) is 108 Å². The minimum absolute atomic E-state index is 0.0928. The SMILES string of the molecule is CC1(C)C(=CC=CC=CC=CC2=[N+](CCCCS(=O)(=O)O)c3ccc4ccc(OCCCCCC(=O)ON5C(=O)CC(S(=O)(=O)O)C5=O)cc4c3C2(C)C)N(CCCCS(=O)(=O)O)c2ccccc21. The largest absolute Gasteiger partial charge is 0.494 e. The molecule has 69 heavy (non-hydrogen) atoms. The van der Waals surface area contributed by atoms with Crippen LogP contribution < -0.4 is 9.64 Å². The second-order valence-corrected chi connectivity index (χ2v) is 23.1. The Morgan fingerprint density at radius 1 is 0.783 bits per heavy atom. The molecular formula is C49H60N3O14S3+. The van der Waals surface area contributed by atoms with Crippen LogP contribution in [0.3, 0.4) is 0 Å². The van der Waals surface area contributed by atoms with Gasteiger partial charge in [0.2, 0.25) is 5.69 Å². The van der Waals surface area contributed by atoms with Gasteiger partial charge in [-0.25, -0.2) is 4.79 Å². The van der Waals surface area contributed by atoms with E-state index in [9.17, 15) is 53.3 Å². The van der Waals surface area contributed by atoms with Crippen LogP contribution in [0.2, 0.25) is 0 Å². The summed E-state index contributed by atoms with van der Waals surface area (Å²) in [6.07, 6.45) is 16.0. The van der Waals surface area contributed by atoms with Gasteiger partial charge in [-0.15, -0.1) is 5.06 Å². The molecule has 1 unspecified atom stereocenters. The van der Waals surface area contributed by atoms with Gasteiger partial charge in [0.25, 0.3) is 42.2 Å². The maximum absolute atomic E-state index is 12.3. The number of imide groups is 1. The first-order valence-corrected chi connectivity index (χ1v) is 27.5. The number of ether oxygens (including phenoxy) is 1. The molecule has 3 aromatic carbocycles. The number of benzene rings is 3. The van der Waals surface area contributed by atoms with E-state index in [2.05, 4.69) is 67.5 Å². The summed E-state index contributed by atoms with van der Waals surface area (Å²) < 4.78 is 105. The highest BCUT2D eigenvalue weighted by atomic mass is 32.2. The molecule has 1 saturated heterocycles. The number of unbranched alkanes of at least 4 members (excludes halogenated alkanes) is 4. The van der Waals surface area contributed by atoms with E-state index in [-0.39, 0.29) is 34.8 Å². The van der Waals surface area contributed by atoms with Crippen LogP contribution in [-0.2, 0) is 60.4 Å². The van der Waals surface area contributed by atoms with E-state index in [0.717, 1.165) is 39.1 Å². The van der Waals surface area contributed by atoms with Crippen molar-refractivity contribution in [1.82, 2.24) is 5.06 Å². The third-order valence-corrected chi connectivity index (χ3v) is 15.2. The number of hydroxylamine groups is 2. The van der Waals surface area contributed by atoms with Crippen LogP contribution in [0, 0.1) is 0 Å². The van der Waals surface area contributed by atoms with Crippen LogP contribution in [0.5, 0.6) is 5.75 Å². The lowest BCUT2D eigenvalue weighted by molar-refractivity contribution is -0.438. The Balaban J connectivity index is 1.12. The van der Waals surface area contributed by atoms with E-state index in [1.165, 1.54) is 5.56 Å². The molecule has 17 nitrogen and oxygen atoms in total. The molecule has 0 radical (unpaired) electrons. The fourth-order valence-corrected chi connectivity index (χ4v) is 11.0. The molecule has 0 aliphatic carbocycles. The Morgan fingerprint density at radius 2 is 1.45 bits per heavy atom. The molecule has 1 atom stereocenters. The van der Waals surface area contributed by atoms with Crippen LogP contribution in [0.25, 0.3) is 10.8 Å². The van der Waals surface area contributed by atoms with Crippen molar-refractivity contribution in [3.8, 4) is 5.75 Å². The Labute approximate surface area is 404 Å². The number of fused-ring (bicyclic) bond motifs is 4. The number of nitrogens with zero attached hydrogens (tertiary/aromatic N) is 3. The molecule has 2 amide bonds. The fraction of sp³-hybridized carbons (Fsp3) is 0.429. The van der Waals surface area contributed by atoms with Crippen molar-refractivity contribution < 1.29 is 67.4 Å². The summed E-state index contributed by atoms with van der Waals surface area (Å²) in [6, 6.07) is 18.1. The number of amides is 2. The maximum Gasteiger partial charge on any atom is 0.333 e. The Hall–Kier alpha value is -5.51. The van der Waals surface area contributed by atoms with Crippen LogP contribution in [0.15, 0.2) is 103 Å². The van der Waals surface area contributed by atoms with Gasteiger partial charge in [0.1, 0.15) is 12.3 Å². The third kappa shape index (κ3) is 13.0. The summed E-state index contributed by atoms with van der Waals surface area (Å²) in [5, 5.41) is 0.0630. The van der Waals surface area contributed by atoms with Crippen molar-refractivity contribution in [2.75, 3.05) is 36.1 Å². The predicted octanol–water partition coefficient (Wildman–Crippen LogP) is 7.32. The number of anilines is 1. The van der Waals surface area contributed by atoms with Gasteiger partial charge >= 0.3 is 5.97 Å². The summed E-state index contributed by atoms with van der Waals surface area (Å²) in [5.41, 5.74) is 5.51. The van der Waals surface area contributed by atoms with Gasteiger partial charge in [0, 0.05) is 53.9 Å². The number of allylic oxidation sites excluding steroid dienone is 8. The van der Waals surface area contributed by atoms with Crippen LogP contribution in [0.4, 0.5) is 11.4 Å². The molecule has 0 saturated carbocycles. The smallest absolute Gasteiger partial charge is 0.333 e. The zero-order valence-corrected chi connectivity index (χ0v) is 41.6. The lowest BCUT2D eigenvalue weighted by Crippen LogP contribution is -2.36. The molecule has 3 heterocycles. The van der Waals surface area contributed by atoms with E-state index in [1.807, 2.05) is 66.8 Å². The number of carbonyl (C=O) groups excluding carboxylic acids is 3. The van der Waals surface area contributed by atoms with Crippen molar-refractivity contribution >= 4 is 76.0 Å². The summed E-state index contributed by atoms with van der Waals surface area (Å²) in [7, 11) is -13.0. The zero-order chi connectivity index (χ0) is 50.4. The molecule has 0 bridgehead atoms. The number of hydrogen-bond acceptors (Lipinski definition) is 12. The number of hydrogen-bond donors (Lipinski definition) is 3. The minimum Gasteiger partial charge on any atom is -0.494 e. The first-order valence-electron chi connectivity index (χ1n) is 22.8. The van der Waals surface area contributed by atoms with Gasteiger partial charge in [0.05, 0.1) is 29.9 Å². The normalized spacial score (nSPS) is 18.8. The van der Waals surface area contributed by atoms with Gasteiger partial charge < -0.3 is 14.5 Å². The maximum atomic E-state index is 12.3. The first-order chi connectivity index (χ1) is 32.4. The van der Waals surface area contributed by atoms with E-state index in [4.69, 9.17) is 9.57 Å².